The number of rotatable bonds is 7. The fourth-order valence-electron chi connectivity index (χ4n) is 3.48. The predicted molar refractivity (Wildman–Crippen MR) is 116 cm³/mol. The van der Waals surface area contributed by atoms with Gasteiger partial charge < -0.3 is 24.6 Å². The van der Waals surface area contributed by atoms with E-state index >= 15 is 0 Å². The summed E-state index contributed by atoms with van der Waals surface area (Å²) in [5.74, 6) is -0.245. The number of thiocarbonyl (C=S) groups is 1. The average Bonchev–Trinajstić information content (AvgIpc) is 2.76. The Kier molecular flexibility index (Phi) is 8.60. The zero-order chi connectivity index (χ0) is 20.5. The molecular weight excluding hydrogens is 393 g/mol. The molecule has 9 heteroatoms. The second-order valence-corrected chi connectivity index (χ2v) is 7.70. The minimum absolute atomic E-state index is 0.245. The first kappa shape index (κ1) is 21.9. The zero-order valence-electron chi connectivity index (χ0n) is 17.0. The zero-order valence-corrected chi connectivity index (χ0v) is 17.8. The van der Waals surface area contributed by atoms with E-state index in [0.717, 1.165) is 51.4 Å². The molecule has 3 rings (SSSR count). The molecule has 29 heavy (non-hydrogen) atoms. The molecule has 3 N–H and O–H groups in total. The number of hydrogen-bond acceptors (Lipinski definition) is 5. The van der Waals surface area contributed by atoms with E-state index < -0.39 is 0 Å². The minimum atomic E-state index is -0.245. The molecule has 0 atom stereocenters. The monoisotopic (exact) mass is 424 g/mol. The largest absolute Gasteiger partial charge is 0.378 e. The van der Waals surface area contributed by atoms with Gasteiger partial charge in [0.1, 0.15) is 18.9 Å². The Morgan fingerprint density at radius 2 is 1.93 bits per heavy atom. The molecule has 2 saturated heterocycles. The Balaban J connectivity index is 1.42. The van der Waals surface area contributed by atoms with Crippen molar-refractivity contribution in [3.05, 3.63) is 29.6 Å². The molecule has 0 radical (unpaired) electrons. The number of hydrazone groups is 1. The molecule has 0 spiro atoms. The highest BCUT2D eigenvalue weighted by Gasteiger charge is 2.16. The standard InChI is InChI=1S/C20H30FN5O2S/c1-16(17-3-4-19(18(21)15-17)26-9-13-28-14-10-26)23-24-20(29)22-5-2-6-25-7-11-27-12-8-25/h3-4,15H,2,5-14H2,1H3,(H2,22,24,29)/p+1/b23-16-. The lowest BCUT2D eigenvalue weighted by Gasteiger charge is -2.29. The summed E-state index contributed by atoms with van der Waals surface area (Å²) in [5, 5.41) is 7.93. The number of halogens is 1. The number of ether oxygens (including phenoxy) is 2. The third kappa shape index (κ3) is 6.88. The number of quaternary nitrogens is 1. The van der Waals surface area contributed by atoms with Crippen LogP contribution in [0.1, 0.15) is 18.9 Å². The SMILES string of the molecule is C/C(=N/NC(=S)NCCC[NH+]1CCOCC1)c1ccc(N2CCOCC2)c(F)c1. The van der Waals surface area contributed by atoms with Crippen LogP contribution in [0.3, 0.4) is 0 Å². The van der Waals surface area contributed by atoms with Crippen LogP contribution in [0, 0.1) is 5.82 Å². The summed E-state index contributed by atoms with van der Waals surface area (Å²) in [6.45, 7) is 10.3. The maximum absolute atomic E-state index is 14.5. The van der Waals surface area contributed by atoms with Gasteiger partial charge in [-0.25, -0.2) is 4.39 Å². The molecule has 2 heterocycles. The smallest absolute Gasteiger partial charge is 0.186 e. The molecule has 2 aliphatic heterocycles. The molecule has 1 aromatic rings. The van der Waals surface area contributed by atoms with Gasteiger partial charge in [-0.3, -0.25) is 5.43 Å². The predicted octanol–water partition coefficient (Wildman–Crippen LogP) is 0.156. The lowest BCUT2D eigenvalue weighted by Crippen LogP contribution is -3.14. The maximum Gasteiger partial charge on any atom is 0.186 e. The van der Waals surface area contributed by atoms with Gasteiger partial charge in [0.25, 0.3) is 0 Å². The van der Waals surface area contributed by atoms with Crippen molar-refractivity contribution in [3.8, 4) is 0 Å². The Morgan fingerprint density at radius 1 is 1.21 bits per heavy atom. The van der Waals surface area contributed by atoms with Crippen molar-refractivity contribution < 1.29 is 18.8 Å². The first-order valence-corrected chi connectivity index (χ1v) is 10.7. The van der Waals surface area contributed by atoms with Gasteiger partial charge in [0.2, 0.25) is 0 Å². The van der Waals surface area contributed by atoms with Gasteiger partial charge in [0, 0.05) is 31.6 Å². The topological polar surface area (TPSA) is 62.6 Å². The molecule has 0 amide bonds. The van der Waals surface area contributed by atoms with Gasteiger partial charge in [-0.15, -0.1) is 0 Å². The summed E-state index contributed by atoms with van der Waals surface area (Å²) in [6.07, 6.45) is 1.04. The Bertz CT molecular complexity index is 706. The summed E-state index contributed by atoms with van der Waals surface area (Å²) >= 11 is 5.28. The van der Waals surface area contributed by atoms with Crippen LogP contribution in [0.5, 0.6) is 0 Å². The van der Waals surface area contributed by atoms with Crippen molar-refractivity contribution in [2.45, 2.75) is 13.3 Å². The highest BCUT2D eigenvalue weighted by Crippen LogP contribution is 2.21. The number of anilines is 1. The second-order valence-electron chi connectivity index (χ2n) is 7.30. The van der Waals surface area contributed by atoms with Gasteiger partial charge >= 0.3 is 0 Å². The molecule has 0 saturated carbocycles. The van der Waals surface area contributed by atoms with E-state index in [1.165, 1.54) is 6.07 Å². The van der Waals surface area contributed by atoms with Gasteiger partial charge in [-0.1, -0.05) is 6.07 Å². The average molecular weight is 425 g/mol. The van der Waals surface area contributed by atoms with Crippen molar-refractivity contribution in [2.75, 3.05) is 70.6 Å². The summed E-state index contributed by atoms with van der Waals surface area (Å²) in [4.78, 5) is 3.58. The van der Waals surface area contributed by atoms with Crippen LogP contribution in [0.15, 0.2) is 23.3 Å². The van der Waals surface area contributed by atoms with Gasteiger partial charge in [0.15, 0.2) is 5.11 Å². The fraction of sp³-hybridized carbons (Fsp3) is 0.600. The minimum Gasteiger partial charge on any atom is -0.378 e. The van der Waals surface area contributed by atoms with Crippen LogP contribution in [0.4, 0.5) is 10.1 Å². The lowest BCUT2D eigenvalue weighted by atomic mass is 10.1. The van der Waals surface area contributed by atoms with Crippen LogP contribution < -0.4 is 20.5 Å². The van der Waals surface area contributed by atoms with Crippen LogP contribution >= 0.6 is 12.2 Å². The van der Waals surface area contributed by atoms with Gasteiger partial charge in [-0.05, 0) is 31.3 Å². The normalized spacial score (nSPS) is 18.6. The van der Waals surface area contributed by atoms with Crippen LogP contribution in [-0.4, -0.2) is 76.5 Å². The van der Waals surface area contributed by atoms with Crippen molar-refractivity contribution >= 4 is 28.7 Å². The van der Waals surface area contributed by atoms with Crippen molar-refractivity contribution in [3.63, 3.8) is 0 Å². The number of hydrogen-bond donors (Lipinski definition) is 3. The summed E-state index contributed by atoms with van der Waals surface area (Å²) in [5.41, 5.74) is 4.87. The fourth-order valence-corrected chi connectivity index (χ4v) is 3.63. The number of morpholine rings is 2. The van der Waals surface area contributed by atoms with E-state index in [1.54, 1.807) is 11.0 Å². The molecule has 2 aliphatic rings. The molecular formula is C20H31FN5O2S+. The summed E-state index contributed by atoms with van der Waals surface area (Å²) in [6, 6.07) is 5.21. The quantitative estimate of drug-likeness (QED) is 0.251. The van der Waals surface area contributed by atoms with E-state index in [1.807, 2.05) is 17.9 Å². The third-order valence-electron chi connectivity index (χ3n) is 5.23. The number of benzene rings is 1. The van der Waals surface area contributed by atoms with Crippen LogP contribution in [0.25, 0.3) is 0 Å². The van der Waals surface area contributed by atoms with Gasteiger partial charge in [0.05, 0.1) is 44.4 Å². The highest BCUT2D eigenvalue weighted by atomic mass is 32.1. The second kappa shape index (κ2) is 11.4. The van der Waals surface area contributed by atoms with Crippen molar-refractivity contribution in [1.29, 1.82) is 0 Å². The van der Waals surface area contributed by atoms with E-state index in [0.29, 0.717) is 42.8 Å². The van der Waals surface area contributed by atoms with E-state index in [9.17, 15) is 4.39 Å². The van der Waals surface area contributed by atoms with E-state index in [4.69, 9.17) is 21.7 Å². The summed E-state index contributed by atoms with van der Waals surface area (Å²) in [7, 11) is 0. The Morgan fingerprint density at radius 3 is 2.66 bits per heavy atom. The van der Waals surface area contributed by atoms with Gasteiger partial charge in [-0.2, -0.15) is 5.10 Å². The molecule has 0 bridgehead atoms. The first-order chi connectivity index (χ1) is 14.1. The number of nitrogens with zero attached hydrogens (tertiary/aromatic N) is 2. The molecule has 2 fully saturated rings. The third-order valence-corrected chi connectivity index (χ3v) is 5.47. The Labute approximate surface area is 177 Å². The lowest BCUT2D eigenvalue weighted by molar-refractivity contribution is -0.908. The Hall–Kier alpha value is -1.81. The van der Waals surface area contributed by atoms with E-state index in [-0.39, 0.29) is 5.82 Å². The molecule has 160 valence electrons. The van der Waals surface area contributed by atoms with Crippen molar-refractivity contribution in [2.24, 2.45) is 5.10 Å². The molecule has 1 aromatic carbocycles. The molecule has 0 aliphatic carbocycles. The molecule has 7 nitrogen and oxygen atoms in total. The molecule has 0 unspecified atom stereocenters. The van der Waals surface area contributed by atoms with Crippen molar-refractivity contribution in [1.82, 2.24) is 10.7 Å². The number of nitrogens with one attached hydrogen (secondary N) is 3. The van der Waals surface area contributed by atoms with Crippen LogP contribution in [0.2, 0.25) is 0 Å². The summed E-state index contributed by atoms with van der Waals surface area (Å²) < 4.78 is 25.2. The highest BCUT2D eigenvalue weighted by molar-refractivity contribution is 7.80. The molecule has 0 aromatic heterocycles. The first-order valence-electron chi connectivity index (χ1n) is 10.3. The van der Waals surface area contributed by atoms with Crippen LogP contribution in [-0.2, 0) is 9.47 Å². The maximum atomic E-state index is 14.5. The van der Waals surface area contributed by atoms with E-state index in [2.05, 4.69) is 15.8 Å².